The summed E-state index contributed by atoms with van der Waals surface area (Å²) in [5.74, 6) is -0.133. The number of hydrogen-bond acceptors (Lipinski definition) is 4. The second kappa shape index (κ2) is 9.97. The molecule has 0 radical (unpaired) electrons. The molecule has 186 valence electrons. The Hall–Kier alpha value is -3.56. The van der Waals surface area contributed by atoms with Gasteiger partial charge in [-0.2, -0.15) is 18.3 Å². The fourth-order valence-corrected chi connectivity index (χ4v) is 4.68. The summed E-state index contributed by atoms with van der Waals surface area (Å²) in [4.78, 5) is 27.1. The van der Waals surface area contributed by atoms with Gasteiger partial charge in [0, 0.05) is 36.8 Å². The van der Waals surface area contributed by atoms with Crippen LogP contribution in [0.5, 0.6) is 5.75 Å². The van der Waals surface area contributed by atoms with E-state index in [1.165, 1.54) is 22.8 Å². The number of amides is 1. The molecule has 0 saturated carbocycles. The van der Waals surface area contributed by atoms with Crippen molar-refractivity contribution >= 4 is 5.91 Å². The largest absolute Gasteiger partial charge is 0.508 e. The Kier molecular flexibility index (Phi) is 7.00. The third-order valence-electron chi connectivity index (χ3n) is 6.44. The first-order valence-corrected chi connectivity index (χ1v) is 11.6. The molecule has 1 atom stereocenters. The van der Waals surface area contributed by atoms with Crippen molar-refractivity contribution in [3.05, 3.63) is 69.9 Å². The zero-order chi connectivity index (χ0) is 25.2. The summed E-state index contributed by atoms with van der Waals surface area (Å²) in [5.41, 5.74) is 1.57. The minimum atomic E-state index is -4.41. The summed E-state index contributed by atoms with van der Waals surface area (Å²) >= 11 is 0. The molecule has 1 aliphatic rings. The number of carbonyl (C=O) groups is 1. The van der Waals surface area contributed by atoms with Crippen LogP contribution in [0.2, 0.25) is 0 Å². The predicted molar refractivity (Wildman–Crippen MR) is 124 cm³/mol. The van der Waals surface area contributed by atoms with E-state index in [9.17, 15) is 27.9 Å². The Morgan fingerprint density at radius 1 is 1.20 bits per heavy atom. The lowest BCUT2D eigenvalue weighted by Gasteiger charge is -2.36. The van der Waals surface area contributed by atoms with E-state index < -0.39 is 11.7 Å². The molecule has 0 unspecified atom stereocenters. The average Bonchev–Trinajstić information content (AvgIpc) is 3.30. The number of rotatable bonds is 6. The van der Waals surface area contributed by atoms with Crippen LogP contribution in [0.3, 0.4) is 0 Å². The second-order valence-corrected chi connectivity index (χ2v) is 8.82. The van der Waals surface area contributed by atoms with E-state index in [0.717, 1.165) is 37.5 Å². The van der Waals surface area contributed by atoms with Gasteiger partial charge in [0.25, 0.3) is 5.56 Å². The molecule has 1 aromatic carbocycles. The maximum Gasteiger partial charge on any atom is 0.416 e. The van der Waals surface area contributed by atoms with Gasteiger partial charge in [0.1, 0.15) is 5.75 Å². The van der Waals surface area contributed by atoms with Crippen molar-refractivity contribution in [2.75, 3.05) is 6.54 Å². The minimum absolute atomic E-state index is 0.0489. The molecular formula is C25H27F3N4O3. The number of nitrogens with zero attached hydrogens (tertiary/aromatic N) is 3. The molecule has 1 fully saturated rings. The highest BCUT2D eigenvalue weighted by atomic mass is 19.4. The Morgan fingerprint density at radius 2 is 1.94 bits per heavy atom. The van der Waals surface area contributed by atoms with Crippen LogP contribution < -0.4 is 5.56 Å². The third kappa shape index (κ3) is 5.41. The van der Waals surface area contributed by atoms with Gasteiger partial charge in [-0.05, 0) is 56.4 Å². The first-order valence-electron chi connectivity index (χ1n) is 11.6. The number of halogens is 3. The van der Waals surface area contributed by atoms with E-state index >= 15 is 0 Å². The van der Waals surface area contributed by atoms with E-state index in [-0.39, 0.29) is 29.7 Å². The number of nitrogens with one attached hydrogen (secondary N) is 1. The zero-order valence-corrected chi connectivity index (χ0v) is 19.3. The number of aromatic amines is 1. The van der Waals surface area contributed by atoms with Crippen molar-refractivity contribution in [1.29, 1.82) is 0 Å². The Balaban J connectivity index is 1.48. The maximum atomic E-state index is 13.2. The second-order valence-electron chi connectivity index (χ2n) is 8.82. The molecule has 7 nitrogen and oxygen atoms in total. The van der Waals surface area contributed by atoms with Gasteiger partial charge in [0.2, 0.25) is 5.91 Å². The van der Waals surface area contributed by atoms with Crippen molar-refractivity contribution in [3.63, 3.8) is 0 Å². The van der Waals surface area contributed by atoms with Crippen molar-refractivity contribution < 1.29 is 23.1 Å². The molecular weight excluding hydrogens is 461 g/mol. The van der Waals surface area contributed by atoms with Crippen LogP contribution in [-0.2, 0) is 17.5 Å². The topological polar surface area (TPSA) is 91.2 Å². The number of carbonyl (C=O) groups excluding carboxylic acids is 1. The van der Waals surface area contributed by atoms with Crippen LogP contribution >= 0.6 is 0 Å². The van der Waals surface area contributed by atoms with Crippen molar-refractivity contribution in [1.82, 2.24) is 19.7 Å². The number of benzene rings is 1. The quantitative estimate of drug-likeness (QED) is 0.521. The lowest BCUT2D eigenvalue weighted by atomic mass is 9.94. The molecule has 1 aliphatic heterocycles. The molecule has 4 rings (SSSR count). The van der Waals surface area contributed by atoms with Crippen LogP contribution in [0.25, 0.3) is 11.1 Å². The van der Waals surface area contributed by atoms with Crippen LogP contribution in [0.4, 0.5) is 13.2 Å². The normalized spacial score (nSPS) is 16.5. The van der Waals surface area contributed by atoms with Gasteiger partial charge in [0.15, 0.2) is 0 Å². The van der Waals surface area contributed by atoms with Gasteiger partial charge in [0.05, 0.1) is 23.5 Å². The summed E-state index contributed by atoms with van der Waals surface area (Å²) in [6.07, 6.45) is 0.376. The minimum Gasteiger partial charge on any atom is -0.508 e. The highest BCUT2D eigenvalue weighted by molar-refractivity contribution is 5.77. The number of piperidine rings is 1. The van der Waals surface area contributed by atoms with Crippen LogP contribution in [0, 0.1) is 6.92 Å². The lowest BCUT2D eigenvalue weighted by Crippen LogP contribution is -2.39. The van der Waals surface area contributed by atoms with E-state index in [4.69, 9.17) is 0 Å². The van der Waals surface area contributed by atoms with Gasteiger partial charge in [-0.3, -0.25) is 14.7 Å². The summed E-state index contributed by atoms with van der Waals surface area (Å²) in [6.45, 7) is 2.66. The first-order chi connectivity index (χ1) is 16.6. The van der Waals surface area contributed by atoms with Crippen molar-refractivity contribution in [2.45, 2.75) is 57.8 Å². The van der Waals surface area contributed by atoms with E-state index in [1.807, 2.05) is 0 Å². The zero-order valence-electron chi connectivity index (χ0n) is 19.3. The number of likely N-dealkylation sites (tertiary alicyclic amines) is 1. The molecule has 1 saturated heterocycles. The number of pyridine rings is 1. The fourth-order valence-electron chi connectivity index (χ4n) is 4.68. The molecule has 10 heteroatoms. The molecule has 3 aromatic rings. The molecule has 0 aliphatic carbocycles. The molecule has 2 aromatic heterocycles. The highest BCUT2D eigenvalue weighted by Gasteiger charge is 2.32. The van der Waals surface area contributed by atoms with Crippen LogP contribution in [0.1, 0.15) is 55.1 Å². The molecule has 3 heterocycles. The lowest BCUT2D eigenvalue weighted by molar-refractivity contribution is -0.137. The smallest absolute Gasteiger partial charge is 0.416 e. The van der Waals surface area contributed by atoms with Crippen molar-refractivity contribution in [3.8, 4) is 16.9 Å². The standard InChI is InChI=1S/C25H27F3N4O3/c1-16-13-19(33)14-23(35)31(16)12-4-6-22(34)32-11-3-2-5-21(32)24-20(15-29-30-24)17-7-9-18(10-8-17)25(26,27)28/h7-10,13-15,21,33H,2-6,11-12H2,1H3,(H,29,30)/t21-/m1/s1. The van der Waals surface area contributed by atoms with Gasteiger partial charge in [-0.25, -0.2) is 0 Å². The number of aromatic hydroxyl groups is 1. The predicted octanol–water partition coefficient (Wildman–Crippen LogP) is 4.81. The third-order valence-corrected chi connectivity index (χ3v) is 6.44. The Labute approximate surface area is 200 Å². The summed E-state index contributed by atoms with van der Waals surface area (Å²) in [7, 11) is 0. The summed E-state index contributed by atoms with van der Waals surface area (Å²) in [6, 6.07) is 7.33. The number of H-pyrrole nitrogens is 1. The maximum absolute atomic E-state index is 13.2. The fraction of sp³-hybridized carbons (Fsp3) is 0.400. The molecule has 0 bridgehead atoms. The van der Waals surface area contributed by atoms with E-state index in [0.29, 0.717) is 42.0 Å². The summed E-state index contributed by atoms with van der Waals surface area (Å²) < 4.78 is 40.4. The Bertz CT molecular complexity index is 1250. The summed E-state index contributed by atoms with van der Waals surface area (Å²) in [5, 5.41) is 16.6. The van der Waals surface area contributed by atoms with Gasteiger partial charge < -0.3 is 14.6 Å². The SMILES string of the molecule is Cc1cc(O)cc(=O)n1CCCC(=O)N1CCCC[C@@H]1c1[nH]ncc1-c1ccc(C(F)(F)F)cc1. The number of hydrogen-bond donors (Lipinski definition) is 2. The van der Waals surface area contributed by atoms with Crippen LogP contribution in [-0.4, -0.2) is 37.2 Å². The van der Waals surface area contributed by atoms with Gasteiger partial charge >= 0.3 is 6.18 Å². The number of aryl methyl sites for hydroxylation is 1. The molecule has 1 amide bonds. The number of alkyl halides is 3. The van der Waals surface area contributed by atoms with E-state index in [2.05, 4.69) is 10.2 Å². The first kappa shape index (κ1) is 24.6. The molecule has 35 heavy (non-hydrogen) atoms. The van der Waals surface area contributed by atoms with E-state index in [1.54, 1.807) is 18.0 Å². The monoisotopic (exact) mass is 488 g/mol. The van der Waals surface area contributed by atoms with Crippen LogP contribution in [0.15, 0.2) is 47.4 Å². The average molecular weight is 489 g/mol. The Morgan fingerprint density at radius 3 is 2.63 bits per heavy atom. The molecule has 0 spiro atoms. The highest BCUT2D eigenvalue weighted by Crippen LogP contribution is 2.37. The van der Waals surface area contributed by atoms with Crippen molar-refractivity contribution in [2.24, 2.45) is 0 Å². The van der Waals surface area contributed by atoms with Gasteiger partial charge in [-0.1, -0.05) is 12.1 Å². The number of aromatic nitrogens is 3. The molecule has 2 N–H and O–H groups in total. The van der Waals surface area contributed by atoms with Gasteiger partial charge in [-0.15, -0.1) is 0 Å².